The summed E-state index contributed by atoms with van der Waals surface area (Å²) < 4.78 is 5.55. The average molecular weight is 264 g/mol. The Morgan fingerprint density at radius 1 is 1.56 bits per heavy atom. The molecule has 1 heterocycles. The third kappa shape index (κ3) is 3.04. The van der Waals surface area contributed by atoms with Crippen molar-refractivity contribution in [3.05, 3.63) is 28.3 Å². The number of ether oxygens (including phenoxy) is 1. The van der Waals surface area contributed by atoms with Gasteiger partial charge in [0.15, 0.2) is 5.78 Å². The van der Waals surface area contributed by atoms with Crippen LogP contribution in [0.3, 0.4) is 0 Å². The number of hydrogen-bond donors (Lipinski definition) is 1. The second-order valence-corrected chi connectivity index (χ2v) is 4.61. The number of carbonyl (C=O) groups excluding carboxylic acids is 1. The Bertz CT molecular complexity index is 505. The zero-order chi connectivity index (χ0) is 13.0. The molecular weight excluding hydrogens is 250 g/mol. The smallest absolute Gasteiger partial charge is 0.151 e. The van der Waals surface area contributed by atoms with E-state index in [4.69, 9.17) is 22.8 Å². The largest absolute Gasteiger partial charge is 0.493 e. The van der Waals surface area contributed by atoms with Crippen LogP contribution in [-0.2, 0) is 17.6 Å². The Morgan fingerprint density at radius 2 is 2.39 bits per heavy atom. The summed E-state index contributed by atoms with van der Waals surface area (Å²) in [6.07, 6.45) is 6.27. The van der Waals surface area contributed by atoms with Gasteiger partial charge in [-0.05, 0) is 17.7 Å². The maximum atomic E-state index is 11.8. The summed E-state index contributed by atoms with van der Waals surface area (Å²) in [5, 5.41) is 3.53. The first kappa shape index (κ1) is 12.9. The van der Waals surface area contributed by atoms with Crippen LogP contribution in [0.25, 0.3) is 0 Å². The van der Waals surface area contributed by atoms with E-state index >= 15 is 0 Å². The highest BCUT2D eigenvalue weighted by Gasteiger charge is 2.19. The lowest BCUT2D eigenvalue weighted by molar-refractivity contribution is -0.117. The highest BCUT2D eigenvalue weighted by Crippen LogP contribution is 2.33. The van der Waals surface area contributed by atoms with E-state index in [2.05, 4.69) is 11.2 Å². The molecule has 0 atom stereocenters. The predicted octanol–water partition coefficient (Wildman–Crippen LogP) is 1.61. The fourth-order valence-corrected chi connectivity index (χ4v) is 2.29. The van der Waals surface area contributed by atoms with Gasteiger partial charge in [0.2, 0.25) is 0 Å². The Balaban J connectivity index is 2.06. The van der Waals surface area contributed by atoms with E-state index < -0.39 is 0 Å². The predicted molar refractivity (Wildman–Crippen MR) is 71.1 cm³/mol. The fraction of sp³-hybridized carbons (Fsp3) is 0.357. The van der Waals surface area contributed by atoms with Crippen LogP contribution in [0.2, 0.25) is 5.02 Å². The first-order chi connectivity index (χ1) is 8.70. The Hall–Kier alpha value is -1.50. The summed E-state index contributed by atoms with van der Waals surface area (Å²) >= 11 is 6.03. The number of ketones is 1. The van der Waals surface area contributed by atoms with Crippen LogP contribution in [0.15, 0.2) is 12.1 Å². The van der Waals surface area contributed by atoms with E-state index in [0.717, 1.165) is 23.3 Å². The number of rotatable bonds is 5. The molecule has 4 heteroatoms. The molecule has 0 aromatic heterocycles. The van der Waals surface area contributed by atoms with E-state index in [0.29, 0.717) is 24.6 Å². The molecule has 0 unspecified atom stereocenters. The molecule has 94 valence electrons. The third-order valence-electron chi connectivity index (χ3n) is 2.76. The van der Waals surface area contributed by atoms with Crippen molar-refractivity contribution < 1.29 is 9.53 Å². The number of benzene rings is 1. The zero-order valence-electron chi connectivity index (χ0n) is 9.96. The Kier molecular flexibility index (Phi) is 4.24. The van der Waals surface area contributed by atoms with Gasteiger partial charge >= 0.3 is 0 Å². The maximum Gasteiger partial charge on any atom is 0.151 e. The van der Waals surface area contributed by atoms with Gasteiger partial charge in [0.25, 0.3) is 0 Å². The quantitative estimate of drug-likeness (QED) is 0.648. The van der Waals surface area contributed by atoms with Crippen LogP contribution in [0.4, 0.5) is 0 Å². The molecule has 1 aliphatic rings. The molecule has 2 rings (SSSR count). The van der Waals surface area contributed by atoms with E-state index in [1.54, 1.807) is 6.07 Å². The summed E-state index contributed by atoms with van der Waals surface area (Å²) in [4.78, 5) is 11.8. The van der Waals surface area contributed by atoms with Crippen LogP contribution in [0.5, 0.6) is 5.75 Å². The zero-order valence-corrected chi connectivity index (χ0v) is 10.7. The van der Waals surface area contributed by atoms with Gasteiger partial charge in [-0.15, -0.1) is 6.42 Å². The van der Waals surface area contributed by atoms with Crippen LogP contribution >= 0.6 is 11.6 Å². The third-order valence-corrected chi connectivity index (χ3v) is 2.98. The van der Waals surface area contributed by atoms with Crippen LogP contribution in [0.1, 0.15) is 11.1 Å². The standard InChI is InChI=1S/C14H14ClNO2/c1-2-4-16-9-13(17)8-11-7-12(15)6-10-3-5-18-14(10)11/h1,6-7,16H,3-5,8-9H2. The highest BCUT2D eigenvalue weighted by molar-refractivity contribution is 6.30. The number of carbonyl (C=O) groups is 1. The molecule has 0 saturated heterocycles. The van der Waals surface area contributed by atoms with E-state index in [1.165, 1.54) is 0 Å². The van der Waals surface area contributed by atoms with Crippen LogP contribution in [-0.4, -0.2) is 25.5 Å². The molecule has 1 aromatic rings. The van der Waals surface area contributed by atoms with Crippen molar-refractivity contribution in [2.24, 2.45) is 0 Å². The molecule has 1 aromatic carbocycles. The topological polar surface area (TPSA) is 38.3 Å². The van der Waals surface area contributed by atoms with Crippen molar-refractivity contribution in [2.75, 3.05) is 19.7 Å². The summed E-state index contributed by atoms with van der Waals surface area (Å²) in [5.41, 5.74) is 1.95. The van der Waals surface area contributed by atoms with Crippen molar-refractivity contribution in [1.82, 2.24) is 5.32 Å². The maximum absolute atomic E-state index is 11.8. The summed E-state index contributed by atoms with van der Waals surface area (Å²) in [6.45, 7) is 1.33. The lowest BCUT2D eigenvalue weighted by Crippen LogP contribution is -2.24. The first-order valence-electron chi connectivity index (χ1n) is 5.80. The monoisotopic (exact) mass is 263 g/mol. The van der Waals surface area contributed by atoms with Crippen molar-refractivity contribution in [3.8, 4) is 18.1 Å². The minimum absolute atomic E-state index is 0.0743. The molecule has 0 fully saturated rings. The van der Waals surface area contributed by atoms with E-state index in [1.807, 2.05) is 6.07 Å². The molecule has 0 radical (unpaired) electrons. The normalized spacial score (nSPS) is 12.7. The number of terminal acetylenes is 1. The van der Waals surface area contributed by atoms with Crippen molar-refractivity contribution in [3.63, 3.8) is 0 Å². The average Bonchev–Trinajstić information content (AvgIpc) is 2.77. The lowest BCUT2D eigenvalue weighted by Gasteiger charge is -2.08. The molecule has 3 nitrogen and oxygen atoms in total. The molecule has 0 amide bonds. The number of fused-ring (bicyclic) bond motifs is 1. The molecule has 18 heavy (non-hydrogen) atoms. The lowest BCUT2D eigenvalue weighted by atomic mass is 10.0. The fourth-order valence-electron chi connectivity index (χ4n) is 2.03. The minimum atomic E-state index is 0.0743. The van der Waals surface area contributed by atoms with Gasteiger partial charge in [0.1, 0.15) is 5.75 Å². The molecule has 0 aliphatic carbocycles. The minimum Gasteiger partial charge on any atom is -0.493 e. The first-order valence-corrected chi connectivity index (χ1v) is 6.18. The van der Waals surface area contributed by atoms with Crippen molar-refractivity contribution in [2.45, 2.75) is 12.8 Å². The van der Waals surface area contributed by atoms with E-state index in [9.17, 15) is 4.79 Å². The second kappa shape index (κ2) is 5.90. The van der Waals surface area contributed by atoms with E-state index in [-0.39, 0.29) is 12.3 Å². The molecule has 0 saturated carbocycles. The summed E-state index contributed by atoms with van der Waals surface area (Å²) in [5.74, 6) is 3.33. The highest BCUT2D eigenvalue weighted by atomic mass is 35.5. The number of halogens is 1. The Morgan fingerprint density at radius 3 is 3.17 bits per heavy atom. The SMILES string of the molecule is C#CCNCC(=O)Cc1cc(Cl)cc2c1OCC2. The van der Waals surface area contributed by atoms with Gasteiger partial charge in [0.05, 0.1) is 19.7 Å². The Labute approximate surface area is 111 Å². The molecular formula is C14H14ClNO2. The van der Waals surface area contributed by atoms with Gasteiger partial charge in [-0.3, -0.25) is 10.1 Å². The molecule has 1 aliphatic heterocycles. The summed E-state index contributed by atoms with van der Waals surface area (Å²) in [6, 6.07) is 3.69. The van der Waals surface area contributed by atoms with Gasteiger partial charge in [-0.1, -0.05) is 17.5 Å². The van der Waals surface area contributed by atoms with Crippen LogP contribution in [0, 0.1) is 12.3 Å². The van der Waals surface area contributed by atoms with Gasteiger partial charge < -0.3 is 4.74 Å². The number of hydrogen-bond acceptors (Lipinski definition) is 3. The number of nitrogens with one attached hydrogen (secondary N) is 1. The van der Waals surface area contributed by atoms with Crippen LogP contribution < -0.4 is 10.1 Å². The van der Waals surface area contributed by atoms with Gasteiger partial charge in [-0.2, -0.15) is 0 Å². The number of Topliss-reactive ketones (excluding diaryl/α,β-unsaturated/α-hetero) is 1. The van der Waals surface area contributed by atoms with Crippen molar-refractivity contribution in [1.29, 1.82) is 0 Å². The van der Waals surface area contributed by atoms with Gasteiger partial charge in [-0.25, -0.2) is 0 Å². The summed E-state index contributed by atoms with van der Waals surface area (Å²) in [7, 11) is 0. The van der Waals surface area contributed by atoms with Gasteiger partial charge in [0, 0.05) is 23.4 Å². The molecule has 0 bridgehead atoms. The second-order valence-electron chi connectivity index (χ2n) is 4.17. The molecule has 1 N–H and O–H groups in total. The van der Waals surface area contributed by atoms with Crippen molar-refractivity contribution >= 4 is 17.4 Å². The molecule has 0 spiro atoms.